The van der Waals surface area contributed by atoms with Crippen LogP contribution in [0, 0.1) is 6.92 Å². The number of esters is 1. The first-order chi connectivity index (χ1) is 5.65. The summed E-state index contributed by atoms with van der Waals surface area (Å²) in [4.78, 5) is 10.9. The minimum absolute atomic E-state index is 0.179. The summed E-state index contributed by atoms with van der Waals surface area (Å²) in [5.41, 5.74) is 0.883. The predicted octanol–water partition coefficient (Wildman–Crippen LogP) is 1.17. The van der Waals surface area contributed by atoms with E-state index < -0.39 is 5.97 Å². The summed E-state index contributed by atoms with van der Waals surface area (Å²) in [6, 6.07) is 1.62. The van der Waals surface area contributed by atoms with Gasteiger partial charge in [0.2, 0.25) is 0 Å². The number of nitrogens with zero attached hydrogens (tertiary/aromatic N) is 1. The second kappa shape index (κ2) is 3.21. The number of rotatable bonds is 2. The Kier molecular flexibility index (Phi) is 2.28. The van der Waals surface area contributed by atoms with E-state index in [9.17, 15) is 4.79 Å². The number of hydrogen-bond acceptors (Lipinski definition) is 4. The number of ether oxygens (including phenoxy) is 1. The highest BCUT2D eigenvalue weighted by molar-refractivity contribution is 6.14. The molecule has 1 heterocycles. The standard InChI is InChI=1S/C8H9NO3/c1-5-4-7(12-9-5)6(2)8(10)11-3/h4H,2H2,1,3H3. The zero-order valence-corrected chi connectivity index (χ0v) is 6.96. The van der Waals surface area contributed by atoms with Gasteiger partial charge in [-0.25, -0.2) is 4.79 Å². The maximum atomic E-state index is 10.9. The quantitative estimate of drug-likeness (QED) is 0.490. The predicted molar refractivity (Wildman–Crippen MR) is 42.3 cm³/mol. The molecule has 0 fully saturated rings. The number of carbonyl (C=O) groups excluding carboxylic acids is 1. The zero-order valence-electron chi connectivity index (χ0n) is 6.96. The molecule has 0 unspecified atom stereocenters. The van der Waals surface area contributed by atoms with Crippen molar-refractivity contribution < 1.29 is 14.1 Å². The Morgan fingerprint density at radius 3 is 2.83 bits per heavy atom. The molecule has 0 aliphatic heterocycles. The fourth-order valence-electron chi connectivity index (χ4n) is 0.730. The Hall–Kier alpha value is -1.58. The number of aryl methyl sites for hydroxylation is 1. The van der Waals surface area contributed by atoms with Crippen LogP contribution < -0.4 is 0 Å². The van der Waals surface area contributed by atoms with Crippen LogP contribution in [-0.2, 0) is 9.53 Å². The summed E-state index contributed by atoms with van der Waals surface area (Å²) in [5.74, 6) is -0.162. The third-order valence-corrected chi connectivity index (χ3v) is 1.36. The lowest BCUT2D eigenvalue weighted by Gasteiger charge is -1.96. The molecule has 1 rings (SSSR count). The number of aromatic nitrogens is 1. The van der Waals surface area contributed by atoms with Gasteiger partial charge in [0.25, 0.3) is 0 Å². The van der Waals surface area contributed by atoms with Crippen LogP contribution in [0.2, 0.25) is 0 Å². The van der Waals surface area contributed by atoms with Gasteiger partial charge < -0.3 is 9.26 Å². The molecule has 0 aliphatic carbocycles. The molecule has 1 aromatic heterocycles. The maximum absolute atomic E-state index is 10.9. The van der Waals surface area contributed by atoms with Gasteiger partial charge in [0, 0.05) is 6.07 Å². The van der Waals surface area contributed by atoms with Gasteiger partial charge in [0.15, 0.2) is 5.76 Å². The molecule has 1 aromatic rings. The van der Waals surface area contributed by atoms with Crippen molar-refractivity contribution in [1.29, 1.82) is 0 Å². The fraction of sp³-hybridized carbons (Fsp3) is 0.250. The van der Waals surface area contributed by atoms with Crippen molar-refractivity contribution >= 4 is 11.5 Å². The van der Waals surface area contributed by atoms with Crippen molar-refractivity contribution in [2.45, 2.75) is 6.92 Å². The Balaban J connectivity index is 2.85. The highest BCUT2D eigenvalue weighted by Gasteiger charge is 2.13. The van der Waals surface area contributed by atoms with Crippen molar-refractivity contribution in [1.82, 2.24) is 5.16 Å². The second-order valence-corrected chi connectivity index (χ2v) is 2.30. The molecule has 0 saturated carbocycles. The van der Waals surface area contributed by atoms with Crippen LogP contribution in [-0.4, -0.2) is 18.2 Å². The lowest BCUT2D eigenvalue weighted by atomic mass is 10.2. The highest BCUT2D eigenvalue weighted by atomic mass is 16.5. The van der Waals surface area contributed by atoms with E-state index in [1.807, 2.05) is 0 Å². The van der Waals surface area contributed by atoms with E-state index in [-0.39, 0.29) is 5.57 Å². The molecule has 0 amide bonds. The average molecular weight is 167 g/mol. The number of methoxy groups -OCH3 is 1. The van der Waals surface area contributed by atoms with Crippen LogP contribution in [0.15, 0.2) is 17.2 Å². The van der Waals surface area contributed by atoms with E-state index in [1.165, 1.54) is 7.11 Å². The molecule has 0 spiro atoms. The Morgan fingerprint density at radius 2 is 2.42 bits per heavy atom. The smallest absolute Gasteiger partial charge is 0.341 e. The molecule has 0 atom stereocenters. The molecule has 0 saturated heterocycles. The Bertz CT molecular complexity index is 314. The molecule has 0 N–H and O–H groups in total. The maximum Gasteiger partial charge on any atom is 0.341 e. The normalized spacial score (nSPS) is 9.50. The first-order valence-corrected chi connectivity index (χ1v) is 3.36. The highest BCUT2D eigenvalue weighted by Crippen LogP contribution is 2.14. The minimum atomic E-state index is -0.508. The lowest BCUT2D eigenvalue weighted by Crippen LogP contribution is -2.01. The van der Waals surface area contributed by atoms with Crippen LogP contribution in [0.1, 0.15) is 11.5 Å². The van der Waals surface area contributed by atoms with Crippen LogP contribution in [0.25, 0.3) is 5.57 Å². The molecule has 64 valence electrons. The molecule has 4 nitrogen and oxygen atoms in total. The van der Waals surface area contributed by atoms with Crippen molar-refractivity contribution in [2.24, 2.45) is 0 Å². The van der Waals surface area contributed by atoms with Gasteiger partial charge in [0.05, 0.1) is 18.4 Å². The van der Waals surface area contributed by atoms with E-state index in [2.05, 4.69) is 16.5 Å². The summed E-state index contributed by atoms with van der Waals surface area (Å²) in [6.45, 7) is 5.26. The van der Waals surface area contributed by atoms with Crippen LogP contribution in [0.5, 0.6) is 0 Å². The molecule has 0 bridgehead atoms. The minimum Gasteiger partial charge on any atom is -0.465 e. The van der Waals surface area contributed by atoms with Crippen LogP contribution >= 0.6 is 0 Å². The van der Waals surface area contributed by atoms with Crippen molar-refractivity contribution in [3.8, 4) is 0 Å². The molecular weight excluding hydrogens is 158 g/mol. The van der Waals surface area contributed by atoms with E-state index in [0.29, 0.717) is 11.5 Å². The molecule has 0 radical (unpaired) electrons. The molecular formula is C8H9NO3. The molecule has 0 aliphatic rings. The van der Waals surface area contributed by atoms with Crippen molar-refractivity contribution in [2.75, 3.05) is 7.11 Å². The van der Waals surface area contributed by atoms with Crippen LogP contribution in [0.4, 0.5) is 0 Å². The first-order valence-electron chi connectivity index (χ1n) is 3.36. The van der Waals surface area contributed by atoms with E-state index in [0.717, 1.165) is 0 Å². The van der Waals surface area contributed by atoms with Gasteiger partial charge in [0.1, 0.15) is 0 Å². The van der Waals surface area contributed by atoms with Gasteiger partial charge >= 0.3 is 5.97 Å². The van der Waals surface area contributed by atoms with Gasteiger partial charge in [-0.2, -0.15) is 0 Å². The van der Waals surface area contributed by atoms with Gasteiger partial charge in [-0.1, -0.05) is 11.7 Å². The van der Waals surface area contributed by atoms with Gasteiger partial charge in [-0.3, -0.25) is 0 Å². The zero-order chi connectivity index (χ0) is 9.14. The topological polar surface area (TPSA) is 52.3 Å². The average Bonchev–Trinajstić information content (AvgIpc) is 2.49. The summed E-state index contributed by atoms with van der Waals surface area (Å²) in [7, 11) is 1.29. The first kappa shape index (κ1) is 8.52. The third-order valence-electron chi connectivity index (χ3n) is 1.36. The molecule has 4 heteroatoms. The fourth-order valence-corrected chi connectivity index (χ4v) is 0.730. The molecule has 12 heavy (non-hydrogen) atoms. The van der Waals surface area contributed by atoms with E-state index in [4.69, 9.17) is 4.52 Å². The Labute approximate surface area is 69.8 Å². The van der Waals surface area contributed by atoms with Crippen molar-refractivity contribution in [3.63, 3.8) is 0 Å². The largest absolute Gasteiger partial charge is 0.465 e. The SMILES string of the molecule is C=C(C(=O)OC)c1cc(C)no1. The second-order valence-electron chi connectivity index (χ2n) is 2.30. The van der Waals surface area contributed by atoms with Crippen LogP contribution in [0.3, 0.4) is 0 Å². The molecule has 0 aromatic carbocycles. The van der Waals surface area contributed by atoms with E-state index >= 15 is 0 Å². The summed E-state index contributed by atoms with van der Waals surface area (Å²) >= 11 is 0. The summed E-state index contributed by atoms with van der Waals surface area (Å²) in [6.07, 6.45) is 0. The third kappa shape index (κ3) is 1.53. The summed E-state index contributed by atoms with van der Waals surface area (Å²) < 4.78 is 9.25. The van der Waals surface area contributed by atoms with Gasteiger partial charge in [-0.15, -0.1) is 0 Å². The number of carbonyl (C=O) groups is 1. The monoisotopic (exact) mass is 167 g/mol. The lowest BCUT2D eigenvalue weighted by molar-refractivity contribution is -0.133. The van der Waals surface area contributed by atoms with E-state index in [1.54, 1.807) is 13.0 Å². The Morgan fingerprint density at radius 1 is 1.75 bits per heavy atom. The van der Waals surface area contributed by atoms with Crippen molar-refractivity contribution in [3.05, 3.63) is 24.1 Å². The number of hydrogen-bond donors (Lipinski definition) is 0. The summed E-state index contributed by atoms with van der Waals surface area (Å²) in [5, 5.41) is 3.61. The van der Waals surface area contributed by atoms with Gasteiger partial charge in [-0.05, 0) is 6.92 Å².